The van der Waals surface area contributed by atoms with E-state index >= 15 is 0 Å². The molecule has 0 bridgehead atoms. The average Bonchev–Trinajstić information content (AvgIpc) is 2.39. The van der Waals surface area contributed by atoms with Crippen LogP contribution in [0.5, 0.6) is 0 Å². The molecule has 0 aliphatic carbocycles. The Hall–Kier alpha value is -1.55. The van der Waals surface area contributed by atoms with E-state index in [0.29, 0.717) is 12.0 Å². The lowest BCUT2D eigenvalue weighted by Gasteiger charge is -2.19. The predicted molar refractivity (Wildman–Crippen MR) is 82.4 cm³/mol. The highest BCUT2D eigenvalue weighted by Gasteiger charge is 2.01. The fraction of sp³-hybridized carbons (Fsp3) is 0.533. The molecule has 0 aliphatic rings. The average molecular weight is 262 g/mol. The van der Waals surface area contributed by atoms with Gasteiger partial charge in [-0.3, -0.25) is 4.99 Å². The van der Waals surface area contributed by atoms with Gasteiger partial charge in [0.15, 0.2) is 5.96 Å². The van der Waals surface area contributed by atoms with Gasteiger partial charge in [-0.05, 0) is 32.9 Å². The zero-order chi connectivity index (χ0) is 14.1. The Bertz CT molecular complexity index is 373. The van der Waals surface area contributed by atoms with Gasteiger partial charge >= 0.3 is 0 Å². The largest absolute Gasteiger partial charge is 0.370 e. The van der Waals surface area contributed by atoms with E-state index in [9.17, 15) is 0 Å². The minimum Gasteiger partial charge on any atom is -0.370 e. The summed E-state index contributed by atoms with van der Waals surface area (Å²) in [5.74, 6) is 0.535. The molecule has 0 saturated carbocycles. The number of benzene rings is 1. The van der Waals surface area contributed by atoms with Crippen LogP contribution in [0.1, 0.15) is 19.4 Å². The van der Waals surface area contributed by atoms with Crippen molar-refractivity contribution in [1.29, 1.82) is 0 Å². The van der Waals surface area contributed by atoms with Crippen molar-refractivity contribution in [3.8, 4) is 0 Å². The zero-order valence-corrected chi connectivity index (χ0v) is 12.3. The predicted octanol–water partition coefficient (Wildman–Crippen LogP) is 1.47. The lowest BCUT2D eigenvalue weighted by Crippen LogP contribution is -2.35. The summed E-state index contributed by atoms with van der Waals surface area (Å²) >= 11 is 0. The van der Waals surface area contributed by atoms with Gasteiger partial charge in [-0.1, -0.05) is 30.3 Å². The van der Waals surface area contributed by atoms with Crippen molar-refractivity contribution < 1.29 is 0 Å². The lowest BCUT2D eigenvalue weighted by atomic mass is 10.1. The van der Waals surface area contributed by atoms with Gasteiger partial charge in [-0.15, -0.1) is 0 Å². The van der Waals surface area contributed by atoms with Crippen molar-refractivity contribution in [2.45, 2.75) is 26.3 Å². The Kier molecular flexibility index (Phi) is 6.97. The van der Waals surface area contributed by atoms with Crippen molar-refractivity contribution in [3.05, 3.63) is 35.9 Å². The maximum atomic E-state index is 5.82. The van der Waals surface area contributed by atoms with E-state index in [2.05, 4.69) is 60.4 Å². The second kappa shape index (κ2) is 8.53. The molecule has 1 aromatic carbocycles. The number of aliphatic imine (C=N–C) groups is 1. The number of rotatable bonds is 7. The highest BCUT2D eigenvalue weighted by molar-refractivity contribution is 5.77. The van der Waals surface area contributed by atoms with E-state index in [1.807, 2.05) is 6.07 Å². The van der Waals surface area contributed by atoms with Crippen molar-refractivity contribution in [2.24, 2.45) is 10.7 Å². The molecule has 0 aromatic heterocycles. The topological polar surface area (TPSA) is 53.6 Å². The van der Waals surface area contributed by atoms with Crippen LogP contribution in [-0.4, -0.2) is 43.6 Å². The SMILES string of the molecule is CC(C)N(C)CCN=C(N)NCCc1ccccc1. The van der Waals surface area contributed by atoms with E-state index in [1.165, 1.54) is 5.56 Å². The zero-order valence-electron chi connectivity index (χ0n) is 12.3. The summed E-state index contributed by atoms with van der Waals surface area (Å²) in [5, 5.41) is 3.14. The van der Waals surface area contributed by atoms with Gasteiger partial charge < -0.3 is 16.0 Å². The fourth-order valence-electron chi connectivity index (χ4n) is 1.62. The van der Waals surface area contributed by atoms with Crippen LogP contribution in [0.25, 0.3) is 0 Å². The lowest BCUT2D eigenvalue weighted by molar-refractivity contribution is 0.282. The Morgan fingerprint density at radius 2 is 2.00 bits per heavy atom. The summed E-state index contributed by atoms with van der Waals surface area (Å²) < 4.78 is 0. The number of likely N-dealkylation sites (N-methyl/N-ethyl adjacent to an activating group) is 1. The first-order valence-corrected chi connectivity index (χ1v) is 6.87. The first-order chi connectivity index (χ1) is 9.09. The molecule has 0 unspecified atom stereocenters. The van der Waals surface area contributed by atoms with E-state index in [-0.39, 0.29) is 0 Å². The molecule has 0 saturated heterocycles. The van der Waals surface area contributed by atoms with E-state index in [0.717, 1.165) is 26.1 Å². The molecular formula is C15H26N4. The highest BCUT2D eigenvalue weighted by Crippen LogP contribution is 1.97. The van der Waals surface area contributed by atoms with Gasteiger partial charge in [-0.2, -0.15) is 0 Å². The summed E-state index contributed by atoms with van der Waals surface area (Å²) in [6.45, 7) is 6.83. The van der Waals surface area contributed by atoms with E-state index in [4.69, 9.17) is 5.73 Å². The standard InChI is InChI=1S/C15H26N4/c1-13(2)19(3)12-11-18-15(16)17-10-9-14-7-5-4-6-8-14/h4-8,13H,9-12H2,1-3H3,(H3,16,17,18). The molecule has 1 aromatic rings. The molecule has 0 amide bonds. The van der Waals surface area contributed by atoms with Crippen molar-refractivity contribution >= 4 is 5.96 Å². The summed E-state index contributed by atoms with van der Waals surface area (Å²) in [6, 6.07) is 10.9. The first-order valence-electron chi connectivity index (χ1n) is 6.87. The maximum Gasteiger partial charge on any atom is 0.188 e. The summed E-state index contributed by atoms with van der Waals surface area (Å²) in [4.78, 5) is 6.57. The van der Waals surface area contributed by atoms with Crippen LogP contribution in [0.15, 0.2) is 35.3 Å². The van der Waals surface area contributed by atoms with Gasteiger partial charge in [0.25, 0.3) is 0 Å². The molecule has 3 N–H and O–H groups in total. The second-order valence-corrected chi connectivity index (χ2v) is 5.00. The fourth-order valence-corrected chi connectivity index (χ4v) is 1.62. The van der Waals surface area contributed by atoms with Gasteiger partial charge in [0.2, 0.25) is 0 Å². The summed E-state index contributed by atoms with van der Waals surface area (Å²) in [7, 11) is 2.10. The van der Waals surface area contributed by atoms with Crippen LogP contribution in [0.4, 0.5) is 0 Å². The molecule has 0 atom stereocenters. The van der Waals surface area contributed by atoms with Gasteiger partial charge in [0.05, 0.1) is 6.54 Å². The second-order valence-electron chi connectivity index (χ2n) is 5.00. The van der Waals surface area contributed by atoms with Gasteiger partial charge in [0.1, 0.15) is 0 Å². The van der Waals surface area contributed by atoms with Crippen LogP contribution in [0, 0.1) is 0 Å². The molecule has 0 spiro atoms. The molecule has 0 fully saturated rings. The summed E-state index contributed by atoms with van der Waals surface area (Å²) in [5.41, 5.74) is 7.13. The Balaban J connectivity index is 2.18. The molecule has 4 heteroatoms. The van der Waals surface area contributed by atoms with E-state index < -0.39 is 0 Å². The van der Waals surface area contributed by atoms with Crippen LogP contribution in [0.2, 0.25) is 0 Å². The van der Waals surface area contributed by atoms with Crippen molar-refractivity contribution in [2.75, 3.05) is 26.7 Å². The maximum absolute atomic E-state index is 5.82. The minimum absolute atomic E-state index is 0.535. The number of guanidine groups is 1. The van der Waals surface area contributed by atoms with Crippen LogP contribution in [-0.2, 0) is 6.42 Å². The molecule has 0 heterocycles. The van der Waals surface area contributed by atoms with Crippen LogP contribution < -0.4 is 11.1 Å². The third-order valence-corrected chi connectivity index (χ3v) is 3.18. The Labute approximate surface area is 116 Å². The van der Waals surface area contributed by atoms with E-state index in [1.54, 1.807) is 0 Å². The molecule has 106 valence electrons. The monoisotopic (exact) mass is 262 g/mol. The third-order valence-electron chi connectivity index (χ3n) is 3.18. The number of hydrogen-bond donors (Lipinski definition) is 2. The molecule has 0 radical (unpaired) electrons. The number of nitrogens with two attached hydrogens (primary N) is 1. The number of nitrogens with zero attached hydrogens (tertiary/aromatic N) is 2. The molecule has 4 nitrogen and oxygen atoms in total. The molecular weight excluding hydrogens is 236 g/mol. The van der Waals surface area contributed by atoms with Crippen molar-refractivity contribution in [3.63, 3.8) is 0 Å². The van der Waals surface area contributed by atoms with Crippen molar-refractivity contribution in [1.82, 2.24) is 10.2 Å². The molecule has 0 aliphatic heterocycles. The highest BCUT2D eigenvalue weighted by atomic mass is 15.1. The summed E-state index contributed by atoms with van der Waals surface area (Å²) in [6.07, 6.45) is 0.961. The minimum atomic E-state index is 0.535. The third kappa shape index (κ3) is 6.82. The van der Waals surface area contributed by atoms with Gasteiger partial charge in [-0.25, -0.2) is 0 Å². The normalized spacial score (nSPS) is 12.2. The number of hydrogen-bond acceptors (Lipinski definition) is 2. The number of nitrogens with one attached hydrogen (secondary N) is 1. The Morgan fingerprint density at radius 3 is 2.63 bits per heavy atom. The molecule has 19 heavy (non-hydrogen) atoms. The first kappa shape index (κ1) is 15.5. The van der Waals surface area contributed by atoms with Crippen LogP contribution in [0.3, 0.4) is 0 Å². The smallest absolute Gasteiger partial charge is 0.188 e. The quantitative estimate of drug-likeness (QED) is 0.578. The van der Waals surface area contributed by atoms with Gasteiger partial charge in [0, 0.05) is 19.1 Å². The van der Waals surface area contributed by atoms with Crippen LogP contribution >= 0.6 is 0 Å². The molecule has 1 rings (SSSR count). The Morgan fingerprint density at radius 1 is 1.32 bits per heavy atom.